The lowest BCUT2D eigenvalue weighted by molar-refractivity contribution is 0.290. The normalized spacial score (nSPS) is 14.4. The van der Waals surface area contributed by atoms with E-state index in [4.69, 9.17) is 10.2 Å². The Labute approximate surface area is 109 Å². The van der Waals surface area contributed by atoms with Gasteiger partial charge in [0.2, 0.25) is 0 Å². The Kier molecular flexibility index (Phi) is 3.24. The Bertz CT molecular complexity index is 546. The molecule has 2 rings (SSSR count). The molecule has 18 heavy (non-hydrogen) atoms. The van der Waals surface area contributed by atoms with E-state index in [0.717, 1.165) is 16.7 Å². The molecule has 0 saturated carbocycles. The van der Waals surface area contributed by atoms with Gasteiger partial charge in [0.05, 0.1) is 6.04 Å². The second kappa shape index (κ2) is 4.43. The highest BCUT2D eigenvalue weighted by atomic mass is 16.3. The van der Waals surface area contributed by atoms with Gasteiger partial charge in [0.15, 0.2) is 0 Å². The van der Waals surface area contributed by atoms with Crippen LogP contribution in [0.2, 0.25) is 0 Å². The summed E-state index contributed by atoms with van der Waals surface area (Å²) in [5.74, 6) is 1.41. The molecule has 0 radical (unpaired) electrons. The van der Waals surface area contributed by atoms with Crippen LogP contribution in [0.15, 0.2) is 28.7 Å². The molecule has 1 aromatic carbocycles. The number of hydrogen-bond donors (Lipinski definition) is 1. The summed E-state index contributed by atoms with van der Waals surface area (Å²) in [7, 11) is 0. The standard InChI is InChI=1S/C16H23NO/c1-10(2)11-6-7-13-12(8-11)9-14(18-13)15(17)16(3,4)5/h6-10,15H,17H2,1-5H3. The van der Waals surface area contributed by atoms with E-state index in [0.29, 0.717) is 5.92 Å². The Morgan fingerprint density at radius 3 is 2.33 bits per heavy atom. The van der Waals surface area contributed by atoms with Crippen LogP contribution in [0.1, 0.15) is 57.9 Å². The maximum atomic E-state index is 6.24. The summed E-state index contributed by atoms with van der Waals surface area (Å²) >= 11 is 0. The van der Waals surface area contributed by atoms with Crippen LogP contribution < -0.4 is 5.73 Å². The molecule has 0 fully saturated rings. The first-order valence-corrected chi connectivity index (χ1v) is 6.58. The maximum absolute atomic E-state index is 6.24. The fourth-order valence-corrected chi connectivity index (χ4v) is 2.02. The van der Waals surface area contributed by atoms with Crippen LogP contribution in [-0.2, 0) is 0 Å². The van der Waals surface area contributed by atoms with Crippen molar-refractivity contribution in [3.63, 3.8) is 0 Å². The summed E-state index contributed by atoms with van der Waals surface area (Å²) in [6.45, 7) is 10.8. The summed E-state index contributed by atoms with van der Waals surface area (Å²) in [5, 5.41) is 1.15. The minimum atomic E-state index is -0.0765. The van der Waals surface area contributed by atoms with Gasteiger partial charge in [0.25, 0.3) is 0 Å². The Morgan fingerprint density at radius 2 is 1.78 bits per heavy atom. The summed E-state index contributed by atoms with van der Waals surface area (Å²) in [5.41, 5.74) is 8.51. The van der Waals surface area contributed by atoms with Crippen LogP contribution >= 0.6 is 0 Å². The van der Waals surface area contributed by atoms with Crippen molar-refractivity contribution in [1.82, 2.24) is 0 Å². The largest absolute Gasteiger partial charge is 0.459 e. The van der Waals surface area contributed by atoms with Crippen LogP contribution in [0.5, 0.6) is 0 Å². The van der Waals surface area contributed by atoms with Gasteiger partial charge in [-0.2, -0.15) is 0 Å². The van der Waals surface area contributed by atoms with Gasteiger partial charge in [-0.3, -0.25) is 0 Å². The van der Waals surface area contributed by atoms with Gasteiger partial charge in [-0.05, 0) is 35.1 Å². The average molecular weight is 245 g/mol. The molecule has 0 aliphatic heterocycles. The van der Waals surface area contributed by atoms with E-state index in [2.05, 4.69) is 52.8 Å². The number of rotatable bonds is 2. The van der Waals surface area contributed by atoms with E-state index in [1.807, 2.05) is 6.07 Å². The predicted molar refractivity (Wildman–Crippen MR) is 76.7 cm³/mol. The molecule has 1 unspecified atom stereocenters. The molecule has 2 heteroatoms. The zero-order valence-corrected chi connectivity index (χ0v) is 11.9. The molecule has 0 aliphatic rings. The lowest BCUT2D eigenvalue weighted by Crippen LogP contribution is -2.25. The maximum Gasteiger partial charge on any atom is 0.134 e. The topological polar surface area (TPSA) is 39.2 Å². The van der Waals surface area contributed by atoms with Crippen molar-refractivity contribution >= 4 is 11.0 Å². The fraction of sp³-hybridized carbons (Fsp3) is 0.500. The molecular weight excluding hydrogens is 222 g/mol. The van der Waals surface area contributed by atoms with E-state index >= 15 is 0 Å². The van der Waals surface area contributed by atoms with Crippen LogP contribution in [0.4, 0.5) is 0 Å². The zero-order chi connectivity index (χ0) is 13.5. The summed E-state index contributed by atoms with van der Waals surface area (Å²) in [6.07, 6.45) is 0. The molecule has 0 bridgehead atoms. The number of hydrogen-bond acceptors (Lipinski definition) is 2. The van der Waals surface area contributed by atoms with E-state index in [1.54, 1.807) is 0 Å². The van der Waals surface area contributed by atoms with Crippen molar-refractivity contribution in [2.75, 3.05) is 0 Å². The third-order valence-electron chi connectivity index (χ3n) is 3.47. The molecule has 0 aliphatic carbocycles. The van der Waals surface area contributed by atoms with E-state index < -0.39 is 0 Å². The van der Waals surface area contributed by atoms with Crippen LogP contribution in [0.25, 0.3) is 11.0 Å². The van der Waals surface area contributed by atoms with E-state index in [9.17, 15) is 0 Å². The third kappa shape index (κ3) is 2.44. The van der Waals surface area contributed by atoms with Crippen molar-refractivity contribution in [2.24, 2.45) is 11.1 Å². The van der Waals surface area contributed by atoms with Crippen molar-refractivity contribution in [2.45, 2.75) is 46.6 Å². The van der Waals surface area contributed by atoms with Gasteiger partial charge in [-0.25, -0.2) is 0 Å². The van der Waals surface area contributed by atoms with Crippen LogP contribution in [0.3, 0.4) is 0 Å². The van der Waals surface area contributed by atoms with Gasteiger partial charge in [0.1, 0.15) is 11.3 Å². The van der Waals surface area contributed by atoms with Crippen molar-refractivity contribution < 1.29 is 4.42 Å². The number of benzene rings is 1. The lowest BCUT2D eigenvalue weighted by atomic mass is 9.86. The lowest BCUT2D eigenvalue weighted by Gasteiger charge is -2.24. The molecule has 1 aromatic heterocycles. The van der Waals surface area contributed by atoms with Gasteiger partial charge in [-0.15, -0.1) is 0 Å². The zero-order valence-electron chi connectivity index (χ0n) is 11.9. The van der Waals surface area contributed by atoms with Gasteiger partial charge >= 0.3 is 0 Å². The predicted octanol–water partition coefficient (Wildman–Crippen LogP) is 4.60. The monoisotopic (exact) mass is 245 g/mol. The molecule has 98 valence electrons. The molecule has 0 saturated heterocycles. The SMILES string of the molecule is CC(C)c1ccc2oc(C(N)C(C)(C)C)cc2c1. The highest BCUT2D eigenvalue weighted by Gasteiger charge is 2.25. The van der Waals surface area contributed by atoms with Gasteiger partial charge in [0, 0.05) is 5.39 Å². The minimum absolute atomic E-state index is 0.00868. The molecule has 2 aromatic rings. The van der Waals surface area contributed by atoms with Crippen molar-refractivity contribution in [3.8, 4) is 0 Å². The Morgan fingerprint density at radius 1 is 1.11 bits per heavy atom. The Balaban J connectivity index is 2.44. The highest BCUT2D eigenvalue weighted by molar-refractivity contribution is 5.79. The number of fused-ring (bicyclic) bond motifs is 1. The van der Waals surface area contributed by atoms with E-state index in [-0.39, 0.29) is 11.5 Å². The van der Waals surface area contributed by atoms with Crippen LogP contribution in [-0.4, -0.2) is 0 Å². The first-order valence-electron chi connectivity index (χ1n) is 6.58. The molecule has 2 nitrogen and oxygen atoms in total. The highest BCUT2D eigenvalue weighted by Crippen LogP contribution is 2.34. The minimum Gasteiger partial charge on any atom is -0.459 e. The molecule has 2 N–H and O–H groups in total. The first-order chi connectivity index (χ1) is 8.29. The van der Waals surface area contributed by atoms with Gasteiger partial charge in [-0.1, -0.05) is 40.7 Å². The molecule has 0 spiro atoms. The van der Waals surface area contributed by atoms with Gasteiger partial charge < -0.3 is 10.2 Å². The smallest absolute Gasteiger partial charge is 0.134 e. The molecule has 1 atom stereocenters. The quantitative estimate of drug-likeness (QED) is 0.839. The average Bonchev–Trinajstić information content (AvgIpc) is 2.68. The third-order valence-corrected chi connectivity index (χ3v) is 3.47. The van der Waals surface area contributed by atoms with Crippen molar-refractivity contribution in [1.29, 1.82) is 0 Å². The van der Waals surface area contributed by atoms with Crippen molar-refractivity contribution in [3.05, 3.63) is 35.6 Å². The number of furan rings is 1. The first kappa shape index (κ1) is 13.2. The summed E-state index contributed by atoms with van der Waals surface area (Å²) < 4.78 is 5.87. The number of nitrogens with two attached hydrogens (primary N) is 1. The summed E-state index contributed by atoms with van der Waals surface area (Å²) in [4.78, 5) is 0. The molecule has 1 heterocycles. The Hall–Kier alpha value is -1.28. The fourth-order valence-electron chi connectivity index (χ4n) is 2.02. The second-order valence-electron chi connectivity index (χ2n) is 6.44. The molecular formula is C16H23NO. The summed E-state index contributed by atoms with van der Waals surface area (Å²) in [6, 6.07) is 8.37. The second-order valence-corrected chi connectivity index (χ2v) is 6.44. The van der Waals surface area contributed by atoms with Crippen LogP contribution in [0, 0.1) is 5.41 Å². The molecule has 0 amide bonds. The van der Waals surface area contributed by atoms with E-state index in [1.165, 1.54) is 5.56 Å².